The van der Waals surface area contributed by atoms with Gasteiger partial charge in [-0.15, -0.1) is 0 Å². The maximum atomic E-state index is 13.3. The number of amides is 1. The van der Waals surface area contributed by atoms with Crippen LogP contribution in [0.25, 0.3) is 0 Å². The minimum atomic E-state index is -0.451. The maximum Gasteiger partial charge on any atom is 0.251 e. The van der Waals surface area contributed by atoms with Crippen molar-refractivity contribution in [3.8, 4) is 0 Å². The molecule has 1 aromatic carbocycles. The molecule has 0 aromatic heterocycles. The van der Waals surface area contributed by atoms with Crippen molar-refractivity contribution in [3.05, 3.63) is 34.1 Å². The molecule has 1 saturated carbocycles. The Morgan fingerprint density at radius 3 is 2.83 bits per heavy atom. The summed E-state index contributed by atoms with van der Waals surface area (Å²) in [5, 5.41) is 11.8. The smallest absolute Gasteiger partial charge is 0.251 e. The van der Waals surface area contributed by atoms with Gasteiger partial charge in [0.15, 0.2) is 0 Å². The van der Waals surface area contributed by atoms with E-state index in [2.05, 4.69) is 21.2 Å². The monoisotopic (exact) mass is 315 g/mol. The molecule has 5 heteroatoms. The molecule has 1 aliphatic carbocycles. The van der Waals surface area contributed by atoms with Crippen molar-refractivity contribution in [2.24, 2.45) is 5.92 Å². The number of rotatable bonds is 5. The lowest BCUT2D eigenvalue weighted by Crippen LogP contribution is -2.37. The SMILES string of the molecule is O=C(NC(CCO)C1CC1)c1ccc(Br)c(F)c1. The number of benzene rings is 1. The Labute approximate surface area is 114 Å². The average Bonchev–Trinajstić information content (AvgIpc) is 3.16. The van der Waals surface area contributed by atoms with Gasteiger partial charge in [0.2, 0.25) is 0 Å². The Bertz CT molecular complexity index is 449. The van der Waals surface area contributed by atoms with Crippen LogP contribution in [0.4, 0.5) is 4.39 Å². The highest BCUT2D eigenvalue weighted by Gasteiger charge is 2.31. The highest BCUT2D eigenvalue weighted by molar-refractivity contribution is 9.10. The molecule has 0 radical (unpaired) electrons. The summed E-state index contributed by atoms with van der Waals surface area (Å²) >= 11 is 3.05. The number of carbonyl (C=O) groups is 1. The van der Waals surface area contributed by atoms with Gasteiger partial charge in [0.05, 0.1) is 4.47 Å². The van der Waals surface area contributed by atoms with E-state index in [-0.39, 0.29) is 18.6 Å². The molecule has 1 aliphatic rings. The van der Waals surface area contributed by atoms with Gasteiger partial charge >= 0.3 is 0 Å². The van der Waals surface area contributed by atoms with Gasteiger partial charge in [-0.1, -0.05) is 0 Å². The second-order valence-corrected chi connectivity index (χ2v) is 5.41. The molecule has 1 atom stereocenters. The third-order valence-corrected chi connectivity index (χ3v) is 3.77. The first kappa shape index (κ1) is 13.5. The van der Waals surface area contributed by atoms with Crippen molar-refractivity contribution < 1.29 is 14.3 Å². The second-order valence-electron chi connectivity index (χ2n) is 4.56. The van der Waals surface area contributed by atoms with E-state index in [1.807, 2.05) is 0 Å². The average molecular weight is 316 g/mol. The highest BCUT2D eigenvalue weighted by Crippen LogP contribution is 2.34. The second kappa shape index (κ2) is 5.80. The molecule has 3 nitrogen and oxygen atoms in total. The molecule has 2 N–H and O–H groups in total. The van der Waals surface area contributed by atoms with Gasteiger partial charge in [-0.25, -0.2) is 4.39 Å². The van der Waals surface area contributed by atoms with Gasteiger partial charge in [0.1, 0.15) is 5.82 Å². The van der Waals surface area contributed by atoms with Crippen LogP contribution in [0.2, 0.25) is 0 Å². The molecule has 0 saturated heterocycles. The van der Waals surface area contributed by atoms with Crippen LogP contribution in [-0.4, -0.2) is 23.7 Å². The molecule has 1 fully saturated rings. The summed E-state index contributed by atoms with van der Waals surface area (Å²) in [6.45, 7) is 0.0517. The van der Waals surface area contributed by atoms with Gasteiger partial charge in [0.25, 0.3) is 5.91 Å². The molecule has 0 aliphatic heterocycles. The lowest BCUT2D eigenvalue weighted by Gasteiger charge is -2.17. The number of halogens is 2. The molecule has 98 valence electrons. The van der Waals surface area contributed by atoms with Crippen LogP contribution < -0.4 is 5.32 Å². The fourth-order valence-corrected chi connectivity index (χ4v) is 2.20. The van der Waals surface area contributed by atoms with E-state index in [9.17, 15) is 9.18 Å². The molecular formula is C13H15BrFNO2. The minimum Gasteiger partial charge on any atom is -0.396 e. The Morgan fingerprint density at radius 2 is 2.28 bits per heavy atom. The zero-order valence-corrected chi connectivity index (χ0v) is 11.4. The fourth-order valence-electron chi connectivity index (χ4n) is 1.95. The number of nitrogens with one attached hydrogen (secondary N) is 1. The zero-order valence-electron chi connectivity index (χ0n) is 9.83. The summed E-state index contributed by atoms with van der Waals surface area (Å²) < 4.78 is 13.7. The molecule has 1 unspecified atom stereocenters. The predicted octanol–water partition coefficient (Wildman–Crippen LogP) is 2.48. The van der Waals surface area contributed by atoms with Crippen molar-refractivity contribution >= 4 is 21.8 Å². The first-order valence-corrected chi connectivity index (χ1v) is 6.78. The van der Waals surface area contributed by atoms with Crippen LogP contribution in [0, 0.1) is 11.7 Å². The molecule has 1 aromatic rings. The lowest BCUT2D eigenvalue weighted by molar-refractivity contribution is 0.0924. The lowest BCUT2D eigenvalue weighted by atomic mass is 10.1. The van der Waals surface area contributed by atoms with Crippen LogP contribution in [-0.2, 0) is 0 Å². The largest absolute Gasteiger partial charge is 0.396 e. The number of aliphatic hydroxyl groups excluding tert-OH is 1. The Balaban J connectivity index is 2.03. The quantitative estimate of drug-likeness (QED) is 0.877. The number of hydrogen-bond acceptors (Lipinski definition) is 2. The Kier molecular flexibility index (Phi) is 4.35. The van der Waals surface area contributed by atoms with Gasteiger partial charge in [-0.3, -0.25) is 4.79 Å². The predicted molar refractivity (Wildman–Crippen MR) is 69.8 cm³/mol. The van der Waals surface area contributed by atoms with E-state index in [0.717, 1.165) is 12.8 Å². The van der Waals surface area contributed by atoms with E-state index in [1.165, 1.54) is 12.1 Å². The van der Waals surface area contributed by atoms with E-state index in [0.29, 0.717) is 22.4 Å². The van der Waals surface area contributed by atoms with E-state index in [1.54, 1.807) is 6.07 Å². The van der Waals surface area contributed by atoms with Gasteiger partial charge in [-0.2, -0.15) is 0 Å². The zero-order chi connectivity index (χ0) is 13.1. The van der Waals surface area contributed by atoms with Crippen molar-refractivity contribution in [3.63, 3.8) is 0 Å². The molecule has 0 spiro atoms. The summed E-state index contributed by atoms with van der Waals surface area (Å²) in [4.78, 5) is 12.0. The number of aliphatic hydroxyl groups is 1. The summed E-state index contributed by atoms with van der Waals surface area (Å²) in [6, 6.07) is 4.30. The van der Waals surface area contributed by atoms with Crippen LogP contribution >= 0.6 is 15.9 Å². The van der Waals surface area contributed by atoms with Crippen LogP contribution in [0.3, 0.4) is 0 Å². The van der Waals surface area contributed by atoms with Crippen molar-refractivity contribution in [2.45, 2.75) is 25.3 Å². The van der Waals surface area contributed by atoms with Gasteiger partial charge in [-0.05, 0) is 59.3 Å². The van der Waals surface area contributed by atoms with Crippen LogP contribution in [0.15, 0.2) is 22.7 Å². The van der Waals surface area contributed by atoms with Crippen molar-refractivity contribution in [2.75, 3.05) is 6.61 Å². The third-order valence-electron chi connectivity index (χ3n) is 3.13. The first-order valence-electron chi connectivity index (χ1n) is 5.98. The number of hydrogen-bond donors (Lipinski definition) is 2. The minimum absolute atomic E-state index is 0.00536. The summed E-state index contributed by atoms with van der Waals surface area (Å²) in [7, 11) is 0. The van der Waals surface area contributed by atoms with E-state index in [4.69, 9.17) is 5.11 Å². The highest BCUT2D eigenvalue weighted by atomic mass is 79.9. The Hall–Kier alpha value is -0.940. The summed E-state index contributed by atoms with van der Waals surface area (Å²) in [6.07, 6.45) is 2.72. The summed E-state index contributed by atoms with van der Waals surface area (Å²) in [5.41, 5.74) is 0.305. The molecule has 0 heterocycles. The fraction of sp³-hybridized carbons (Fsp3) is 0.462. The Morgan fingerprint density at radius 1 is 1.56 bits per heavy atom. The maximum absolute atomic E-state index is 13.3. The standard InChI is InChI=1S/C13H15BrFNO2/c14-10-4-3-9(7-11(10)15)13(18)16-12(5-6-17)8-1-2-8/h3-4,7-8,12,17H,1-2,5-6H2,(H,16,18). The van der Waals surface area contributed by atoms with Crippen molar-refractivity contribution in [1.82, 2.24) is 5.32 Å². The molecule has 1 amide bonds. The van der Waals surface area contributed by atoms with Gasteiger partial charge < -0.3 is 10.4 Å². The van der Waals surface area contributed by atoms with Crippen LogP contribution in [0.5, 0.6) is 0 Å². The van der Waals surface area contributed by atoms with Gasteiger partial charge in [0, 0.05) is 18.2 Å². The molecule has 2 rings (SSSR count). The van der Waals surface area contributed by atoms with E-state index >= 15 is 0 Å². The van der Waals surface area contributed by atoms with E-state index < -0.39 is 5.82 Å². The normalized spacial score (nSPS) is 16.4. The molecule has 0 bridgehead atoms. The van der Waals surface area contributed by atoms with Crippen LogP contribution in [0.1, 0.15) is 29.6 Å². The summed E-state index contributed by atoms with van der Waals surface area (Å²) in [5.74, 6) is -0.277. The number of carbonyl (C=O) groups excluding carboxylic acids is 1. The molecule has 18 heavy (non-hydrogen) atoms. The third kappa shape index (κ3) is 3.29. The first-order chi connectivity index (χ1) is 8.61. The molecular weight excluding hydrogens is 301 g/mol. The van der Waals surface area contributed by atoms with Crippen molar-refractivity contribution in [1.29, 1.82) is 0 Å². The topological polar surface area (TPSA) is 49.3 Å².